The van der Waals surface area contributed by atoms with Crippen LogP contribution in [0.5, 0.6) is 0 Å². The highest BCUT2D eigenvalue weighted by Gasteiger charge is 2.64. The third-order valence-corrected chi connectivity index (χ3v) is 4.30. The summed E-state index contributed by atoms with van der Waals surface area (Å²) in [6.07, 6.45) is 3.73. The average Bonchev–Trinajstić information content (AvgIpc) is 2.67. The third-order valence-electron chi connectivity index (χ3n) is 4.30. The fourth-order valence-electron chi connectivity index (χ4n) is 3.46. The molecule has 0 aliphatic heterocycles. The zero-order chi connectivity index (χ0) is 10.6. The van der Waals surface area contributed by atoms with E-state index in [1.807, 2.05) is 13.0 Å². The lowest BCUT2D eigenvalue weighted by Gasteiger charge is -2.18. The number of hydrogen-bond donors (Lipinski definition) is 1. The van der Waals surface area contributed by atoms with E-state index in [9.17, 15) is 4.39 Å². The standard InChI is InChI=1S/C13H16FN/c1-8-5-6-9(14)7-12(8)13(15)10-3-2-4-11(10)13/h5-7,10-11H,2-4,15H2,1H3. The Labute approximate surface area is 89.5 Å². The van der Waals surface area contributed by atoms with E-state index in [1.165, 1.54) is 25.3 Å². The normalized spacial score (nSPS) is 37.8. The molecule has 0 amide bonds. The first kappa shape index (κ1) is 9.34. The van der Waals surface area contributed by atoms with Gasteiger partial charge in [0.1, 0.15) is 5.82 Å². The monoisotopic (exact) mass is 205 g/mol. The van der Waals surface area contributed by atoms with Gasteiger partial charge >= 0.3 is 0 Å². The maximum absolute atomic E-state index is 13.2. The highest BCUT2D eigenvalue weighted by molar-refractivity contribution is 5.41. The molecule has 0 spiro atoms. The van der Waals surface area contributed by atoms with Crippen LogP contribution in [0.2, 0.25) is 0 Å². The minimum absolute atomic E-state index is 0.162. The van der Waals surface area contributed by atoms with Crippen molar-refractivity contribution in [1.82, 2.24) is 0 Å². The number of rotatable bonds is 1. The summed E-state index contributed by atoms with van der Waals surface area (Å²) in [5.41, 5.74) is 8.39. The molecule has 2 saturated carbocycles. The van der Waals surface area contributed by atoms with Gasteiger partial charge in [-0.05, 0) is 54.9 Å². The van der Waals surface area contributed by atoms with Crippen molar-refractivity contribution in [2.75, 3.05) is 0 Å². The van der Waals surface area contributed by atoms with Gasteiger partial charge in [-0.15, -0.1) is 0 Å². The van der Waals surface area contributed by atoms with Crippen molar-refractivity contribution in [2.24, 2.45) is 17.6 Å². The van der Waals surface area contributed by atoms with Crippen LogP contribution in [-0.2, 0) is 5.54 Å². The minimum atomic E-state index is -0.204. The number of hydrogen-bond acceptors (Lipinski definition) is 1. The van der Waals surface area contributed by atoms with Crippen LogP contribution in [0.4, 0.5) is 4.39 Å². The van der Waals surface area contributed by atoms with Crippen LogP contribution in [-0.4, -0.2) is 0 Å². The maximum atomic E-state index is 13.2. The Morgan fingerprint density at radius 1 is 1.33 bits per heavy atom. The van der Waals surface area contributed by atoms with Crippen molar-refractivity contribution in [3.8, 4) is 0 Å². The molecule has 2 aliphatic carbocycles. The first-order chi connectivity index (χ1) is 7.14. The van der Waals surface area contributed by atoms with Gasteiger partial charge < -0.3 is 5.73 Å². The predicted molar refractivity (Wildman–Crippen MR) is 57.8 cm³/mol. The fraction of sp³-hybridized carbons (Fsp3) is 0.538. The lowest BCUT2D eigenvalue weighted by atomic mass is 9.93. The molecule has 2 N–H and O–H groups in total. The van der Waals surface area contributed by atoms with Gasteiger partial charge in [-0.25, -0.2) is 4.39 Å². The van der Waals surface area contributed by atoms with Crippen molar-refractivity contribution in [2.45, 2.75) is 31.7 Å². The average molecular weight is 205 g/mol. The molecule has 0 saturated heterocycles. The van der Waals surface area contributed by atoms with Crippen molar-refractivity contribution >= 4 is 0 Å². The lowest BCUT2D eigenvalue weighted by molar-refractivity contribution is 0.518. The molecular formula is C13H16FN. The molecule has 1 aromatic rings. The molecule has 0 bridgehead atoms. The molecule has 2 heteroatoms. The molecule has 1 aromatic carbocycles. The number of nitrogens with two attached hydrogens (primary N) is 1. The van der Waals surface area contributed by atoms with Gasteiger partial charge in [0.25, 0.3) is 0 Å². The van der Waals surface area contributed by atoms with Crippen molar-refractivity contribution in [3.05, 3.63) is 35.1 Å². The predicted octanol–water partition coefficient (Wildman–Crippen LogP) is 2.72. The molecule has 0 aromatic heterocycles. The van der Waals surface area contributed by atoms with Gasteiger partial charge in [0.15, 0.2) is 0 Å². The summed E-state index contributed by atoms with van der Waals surface area (Å²) in [5, 5.41) is 0. The van der Waals surface area contributed by atoms with Crippen molar-refractivity contribution in [1.29, 1.82) is 0 Å². The number of fused-ring (bicyclic) bond motifs is 1. The van der Waals surface area contributed by atoms with Crippen LogP contribution in [0, 0.1) is 24.6 Å². The Kier molecular flexibility index (Phi) is 1.76. The van der Waals surface area contributed by atoms with E-state index in [4.69, 9.17) is 5.73 Å². The summed E-state index contributed by atoms with van der Waals surface area (Å²) >= 11 is 0. The second-order valence-corrected chi connectivity index (χ2v) is 5.04. The van der Waals surface area contributed by atoms with E-state index in [1.54, 1.807) is 6.07 Å². The second kappa shape index (κ2) is 2.82. The third kappa shape index (κ3) is 1.11. The van der Waals surface area contributed by atoms with Crippen molar-refractivity contribution < 1.29 is 4.39 Å². The van der Waals surface area contributed by atoms with Crippen LogP contribution in [0.1, 0.15) is 30.4 Å². The highest BCUT2D eigenvalue weighted by atomic mass is 19.1. The van der Waals surface area contributed by atoms with E-state index < -0.39 is 0 Å². The molecule has 2 atom stereocenters. The molecule has 0 radical (unpaired) electrons. The molecule has 2 unspecified atom stereocenters. The van der Waals surface area contributed by atoms with Crippen molar-refractivity contribution in [3.63, 3.8) is 0 Å². The molecule has 2 aliphatic rings. The highest BCUT2D eigenvalue weighted by Crippen LogP contribution is 2.64. The van der Waals surface area contributed by atoms with Crippen LogP contribution < -0.4 is 5.73 Å². The Hall–Kier alpha value is -0.890. The van der Waals surface area contributed by atoms with E-state index in [0.29, 0.717) is 11.8 Å². The van der Waals surface area contributed by atoms with Gasteiger partial charge in [0.2, 0.25) is 0 Å². The van der Waals surface area contributed by atoms with Gasteiger partial charge in [0, 0.05) is 5.54 Å². The lowest BCUT2D eigenvalue weighted by Crippen LogP contribution is -2.26. The molecule has 2 fully saturated rings. The van der Waals surface area contributed by atoms with Gasteiger partial charge in [-0.2, -0.15) is 0 Å². The smallest absolute Gasteiger partial charge is 0.123 e. The summed E-state index contributed by atoms with van der Waals surface area (Å²) in [7, 11) is 0. The largest absolute Gasteiger partial charge is 0.321 e. The van der Waals surface area contributed by atoms with Crippen LogP contribution in [0.3, 0.4) is 0 Å². The molecule has 15 heavy (non-hydrogen) atoms. The summed E-state index contributed by atoms with van der Waals surface area (Å²) < 4.78 is 13.2. The van der Waals surface area contributed by atoms with Crippen LogP contribution in [0.25, 0.3) is 0 Å². The summed E-state index contributed by atoms with van der Waals surface area (Å²) in [5.74, 6) is 1.06. The molecule has 0 heterocycles. The number of halogens is 1. The summed E-state index contributed by atoms with van der Waals surface area (Å²) in [6.45, 7) is 2.03. The zero-order valence-electron chi connectivity index (χ0n) is 8.96. The zero-order valence-corrected chi connectivity index (χ0v) is 8.96. The summed E-state index contributed by atoms with van der Waals surface area (Å²) in [6, 6.07) is 4.99. The topological polar surface area (TPSA) is 26.0 Å². The Bertz CT molecular complexity index is 403. The van der Waals surface area contributed by atoms with Gasteiger partial charge in [-0.3, -0.25) is 0 Å². The number of aryl methyl sites for hydroxylation is 1. The van der Waals surface area contributed by atoms with E-state index in [2.05, 4.69) is 0 Å². The van der Waals surface area contributed by atoms with Gasteiger partial charge in [0.05, 0.1) is 0 Å². The second-order valence-electron chi connectivity index (χ2n) is 5.04. The quantitative estimate of drug-likeness (QED) is 0.749. The first-order valence-electron chi connectivity index (χ1n) is 5.69. The first-order valence-corrected chi connectivity index (χ1v) is 5.69. The maximum Gasteiger partial charge on any atom is 0.123 e. The SMILES string of the molecule is Cc1ccc(F)cc1C1(N)C2CCCC21. The molecule has 80 valence electrons. The van der Waals surface area contributed by atoms with Crippen LogP contribution >= 0.6 is 0 Å². The van der Waals surface area contributed by atoms with Crippen LogP contribution in [0.15, 0.2) is 18.2 Å². The fourth-order valence-corrected chi connectivity index (χ4v) is 3.46. The Balaban J connectivity index is 2.03. The van der Waals surface area contributed by atoms with E-state index in [-0.39, 0.29) is 11.4 Å². The van der Waals surface area contributed by atoms with Gasteiger partial charge in [-0.1, -0.05) is 12.5 Å². The Morgan fingerprint density at radius 3 is 2.67 bits per heavy atom. The minimum Gasteiger partial charge on any atom is -0.321 e. The molecular weight excluding hydrogens is 189 g/mol. The molecule has 3 rings (SSSR count). The summed E-state index contributed by atoms with van der Waals surface area (Å²) in [4.78, 5) is 0. The Morgan fingerprint density at radius 2 is 2.00 bits per heavy atom. The molecule has 1 nitrogen and oxygen atoms in total. The number of benzene rings is 1. The van der Waals surface area contributed by atoms with E-state index >= 15 is 0 Å². The van der Waals surface area contributed by atoms with E-state index in [0.717, 1.165) is 11.1 Å².